The van der Waals surface area contributed by atoms with Crippen molar-refractivity contribution in [2.24, 2.45) is 0 Å². The molecule has 0 spiro atoms. The van der Waals surface area contributed by atoms with Crippen LogP contribution < -0.4 is 10.2 Å². The maximum absolute atomic E-state index is 11.5. The summed E-state index contributed by atoms with van der Waals surface area (Å²) in [6.07, 6.45) is 2.65. The Morgan fingerprint density at radius 3 is 2.73 bits per heavy atom. The molecule has 1 amide bonds. The summed E-state index contributed by atoms with van der Waals surface area (Å²) in [6.45, 7) is 3.00. The third kappa shape index (κ3) is 3.31. The van der Waals surface area contributed by atoms with E-state index in [0.29, 0.717) is 6.54 Å². The molecule has 1 unspecified atom stereocenters. The van der Waals surface area contributed by atoms with Crippen LogP contribution in [0.4, 0.5) is 5.69 Å². The van der Waals surface area contributed by atoms with Crippen molar-refractivity contribution < 1.29 is 4.79 Å². The quantitative estimate of drug-likeness (QED) is 0.787. The molecule has 0 radical (unpaired) electrons. The van der Waals surface area contributed by atoms with Crippen molar-refractivity contribution in [3.63, 3.8) is 0 Å². The summed E-state index contributed by atoms with van der Waals surface area (Å²) in [4.78, 5) is 13.8. The molecule has 0 aliphatic carbocycles. The zero-order valence-corrected chi connectivity index (χ0v) is 14.7. The summed E-state index contributed by atoms with van der Waals surface area (Å²) < 4.78 is 1.87. The van der Waals surface area contributed by atoms with Gasteiger partial charge in [-0.3, -0.25) is 4.79 Å². The first-order valence-electron chi connectivity index (χ1n) is 8.75. The Kier molecular flexibility index (Phi) is 4.39. The molecule has 0 saturated heterocycles. The Hall–Kier alpha value is -3.15. The van der Waals surface area contributed by atoms with E-state index in [1.807, 2.05) is 41.1 Å². The van der Waals surface area contributed by atoms with Gasteiger partial charge >= 0.3 is 0 Å². The van der Waals surface area contributed by atoms with Gasteiger partial charge in [0, 0.05) is 19.2 Å². The van der Waals surface area contributed by atoms with E-state index < -0.39 is 0 Å². The first kappa shape index (κ1) is 16.3. The fourth-order valence-corrected chi connectivity index (χ4v) is 3.57. The lowest BCUT2D eigenvalue weighted by Gasteiger charge is -2.36. The molecule has 1 N–H and O–H groups in total. The van der Waals surface area contributed by atoms with Gasteiger partial charge in [0.15, 0.2) is 0 Å². The summed E-state index contributed by atoms with van der Waals surface area (Å²) in [5.41, 5.74) is 4.45. The number of hydrogen-bond acceptors (Lipinski definition) is 4. The Bertz CT molecular complexity index is 905. The largest absolute Gasteiger partial charge is 0.363 e. The Morgan fingerprint density at radius 1 is 1.15 bits per heavy atom. The molecule has 26 heavy (non-hydrogen) atoms. The summed E-state index contributed by atoms with van der Waals surface area (Å²) in [5.74, 6) is 0.00493. The van der Waals surface area contributed by atoms with E-state index in [9.17, 15) is 4.79 Å². The van der Waals surface area contributed by atoms with Crippen LogP contribution in [0.25, 0.3) is 5.69 Å². The Balaban J connectivity index is 1.64. The molecule has 1 aliphatic rings. The molecule has 0 saturated carbocycles. The van der Waals surface area contributed by atoms with Crippen LogP contribution in [0.1, 0.15) is 18.2 Å². The summed E-state index contributed by atoms with van der Waals surface area (Å²) in [5, 5.41) is 11.4. The molecule has 0 bridgehead atoms. The number of aromatic nitrogens is 3. The molecule has 2 aromatic carbocycles. The Morgan fingerprint density at radius 2 is 1.92 bits per heavy atom. The number of rotatable bonds is 4. The molecule has 1 aliphatic heterocycles. The minimum absolute atomic E-state index is 0.00493. The highest BCUT2D eigenvalue weighted by atomic mass is 16.1. The van der Waals surface area contributed by atoms with E-state index in [0.717, 1.165) is 24.3 Å². The number of fused-ring (bicyclic) bond motifs is 1. The second-order valence-electron chi connectivity index (χ2n) is 6.58. The number of nitrogens with one attached hydrogen (secondary N) is 1. The number of hydrogen-bond donors (Lipinski definition) is 1. The minimum atomic E-state index is 0.00493. The molecular weight excluding hydrogens is 326 g/mol. The van der Waals surface area contributed by atoms with Crippen LogP contribution in [0.3, 0.4) is 0 Å². The minimum Gasteiger partial charge on any atom is -0.363 e. The first-order valence-corrected chi connectivity index (χ1v) is 8.75. The third-order valence-electron chi connectivity index (χ3n) is 4.62. The van der Waals surface area contributed by atoms with E-state index in [4.69, 9.17) is 0 Å². The number of carbonyl (C=O) groups is 1. The highest BCUT2D eigenvalue weighted by molar-refractivity contribution is 5.73. The maximum atomic E-state index is 11.5. The molecule has 6 heteroatoms. The fourth-order valence-electron chi connectivity index (χ4n) is 3.57. The lowest BCUT2D eigenvalue weighted by Crippen LogP contribution is -2.47. The number of anilines is 1. The summed E-state index contributed by atoms with van der Waals surface area (Å²) in [7, 11) is 0. The second kappa shape index (κ2) is 7.00. The van der Waals surface area contributed by atoms with Crippen LogP contribution in [0, 0.1) is 0 Å². The summed E-state index contributed by atoms with van der Waals surface area (Å²) >= 11 is 0. The maximum Gasteiger partial charge on any atom is 0.217 e. The SMILES string of the molecule is CC(=O)NC1Cc2ccccc2N(Cc2cnnn2-c2ccccc2)C1. The van der Waals surface area contributed by atoms with Crippen LogP contribution in [-0.4, -0.2) is 33.5 Å². The zero-order valence-electron chi connectivity index (χ0n) is 14.7. The average molecular weight is 347 g/mol. The molecule has 132 valence electrons. The van der Waals surface area contributed by atoms with Crippen molar-refractivity contribution in [1.29, 1.82) is 0 Å². The van der Waals surface area contributed by atoms with Crippen LogP contribution in [-0.2, 0) is 17.8 Å². The normalized spacial score (nSPS) is 16.2. The van der Waals surface area contributed by atoms with Crippen LogP contribution >= 0.6 is 0 Å². The lowest BCUT2D eigenvalue weighted by molar-refractivity contribution is -0.119. The van der Waals surface area contributed by atoms with E-state index >= 15 is 0 Å². The van der Waals surface area contributed by atoms with E-state index in [1.165, 1.54) is 11.3 Å². The van der Waals surface area contributed by atoms with Gasteiger partial charge in [0.25, 0.3) is 0 Å². The average Bonchev–Trinajstić information content (AvgIpc) is 3.10. The predicted molar refractivity (Wildman–Crippen MR) is 100 cm³/mol. The van der Waals surface area contributed by atoms with Crippen molar-refractivity contribution in [2.45, 2.75) is 25.9 Å². The van der Waals surface area contributed by atoms with E-state index in [-0.39, 0.29) is 11.9 Å². The predicted octanol–water partition coefficient (Wildman–Crippen LogP) is 2.33. The first-order chi connectivity index (χ1) is 12.7. The highest BCUT2D eigenvalue weighted by Crippen LogP contribution is 2.28. The number of benzene rings is 2. The van der Waals surface area contributed by atoms with Gasteiger partial charge in [-0.2, -0.15) is 0 Å². The van der Waals surface area contributed by atoms with Crippen molar-refractivity contribution >= 4 is 11.6 Å². The van der Waals surface area contributed by atoms with E-state index in [2.05, 4.69) is 38.7 Å². The van der Waals surface area contributed by atoms with Crippen molar-refractivity contribution in [3.05, 3.63) is 72.1 Å². The van der Waals surface area contributed by atoms with Crippen molar-refractivity contribution in [3.8, 4) is 5.69 Å². The fraction of sp³-hybridized carbons (Fsp3) is 0.250. The number of nitrogens with zero attached hydrogens (tertiary/aromatic N) is 4. The number of para-hydroxylation sites is 2. The summed E-state index contributed by atoms with van der Waals surface area (Å²) in [6, 6.07) is 18.5. The molecule has 0 fully saturated rings. The second-order valence-corrected chi connectivity index (χ2v) is 6.58. The molecule has 2 heterocycles. The van der Waals surface area contributed by atoms with Gasteiger partial charge in [-0.1, -0.05) is 41.6 Å². The lowest BCUT2D eigenvalue weighted by atomic mass is 9.97. The zero-order chi connectivity index (χ0) is 17.9. The highest BCUT2D eigenvalue weighted by Gasteiger charge is 2.25. The van der Waals surface area contributed by atoms with Crippen LogP contribution in [0.5, 0.6) is 0 Å². The molecular formula is C20H21N5O. The molecule has 4 rings (SSSR count). The van der Waals surface area contributed by atoms with Gasteiger partial charge < -0.3 is 10.2 Å². The van der Waals surface area contributed by atoms with Gasteiger partial charge in [-0.25, -0.2) is 4.68 Å². The van der Waals surface area contributed by atoms with Gasteiger partial charge in [0.05, 0.1) is 30.2 Å². The number of amides is 1. The van der Waals surface area contributed by atoms with E-state index in [1.54, 1.807) is 13.1 Å². The topological polar surface area (TPSA) is 63.1 Å². The standard InChI is InChI=1S/C20H21N5O/c1-15(26)22-17-11-16-7-5-6-10-20(16)24(13-17)14-19-12-21-23-25(19)18-8-3-2-4-9-18/h2-10,12,17H,11,13-14H2,1H3,(H,22,26). The monoisotopic (exact) mass is 347 g/mol. The van der Waals surface area contributed by atoms with Gasteiger partial charge in [-0.15, -0.1) is 5.10 Å². The molecule has 1 aromatic heterocycles. The van der Waals surface area contributed by atoms with Gasteiger partial charge in [0.1, 0.15) is 0 Å². The molecule has 1 atom stereocenters. The van der Waals surface area contributed by atoms with Gasteiger partial charge in [0.2, 0.25) is 5.91 Å². The van der Waals surface area contributed by atoms with Gasteiger partial charge in [-0.05, 0) is 30.2 Å². The molecule has 6 nitrogen and oxygen atoms in total. The smallest absolute Gasteiger partial charge is 0.217 e. The van der Waals surface area contributed by atoms with Crippen molar-refractivity contribution in [1.82, 2.24) is 20.3 Å². The van der Waals surface area contributed by atoms with Crippen molar-refractivity contribution in [2.75, 3.05) is 11.4 Å². The van der Waals surface area contributed by atoms with Crippen LogP contribution in [0.15, 0.2) is 60.8 Å². The molecule has 3 aromatic rings. The third-order valence-corrected chi connectivity index (χ3v) is 4.62. The van der Waals surface area contributed by atoms with Crippen LogP contribution in [0.2, 0.25) is 0 Å². The number of carbonyl (C=O) groups excluding carboxylic acids is 1. The Labute approximate surface area is 152 Å².